The predicted octanol–water partition coefficient (Wildman–Crippen LogP) is 0.0380. The SMILES string of the molecule is NC(=O)c1[nH]c2ccc(Cl)cc2c1S(=O)(=O)C1CNCCS1(=O)=O. The van der Waals surface area contributed by atoms with Crippen LogP contribution in [0.15, 0.2) is 23.1 Å². The number of halogens is 1. The molecule has 2 heterocycles. The molecule has 0 bridgehead atoms. The lowest BCUT2D eigenvalue weighted by Crippen LogP contribution is -2.48. The van der Waals surface area contributed by atoms with Crippen molar-refractivity contribution in [2.45, 2.75) is 9.48 Å². The third kappa shape index (κ3) is 2.69. The Morgan fingerprint density at radius 3 is 2.67 bits per heavy atom. The van der Waals surface area contributed by atoms with E-state index in [2.05, 4.69) is 10.3 Å². The van der Waals surface area contributed by atoms with Crippen molar-refractivity contribution in [2.75, 3.05) is 18.8 Å². The number of H-pyrrole nitrogens is 1. The number of rotatable bonds is 3. The Hall–Kier alpha value is -1.62. The number of benzene rings is 1. The summed E-state index contributed by atoms with van der Waals surface area (Å²) < 4.78 is 48.8. The molecule has 1 aliphatic heterocycles. The van der Waals surface area contributed by atoms with E-state index in [-0.39, 0.29) is 34.9 Å². The van der Waals surface area contributed by atoms with E-state index < -0.39 is 35.1 Å². The molecule has 0 saturated carbocycles. The molecule has 0 radical (unpaired) electrons. The van der Waals surface area contributed by atoms with Crippen LogP contribution in [0.5, 0.6) is 0 Å². The summed E-state index contributed by atoms with van der Waals surface area (Å²) >= 11 is 5.92. The van der Waals surface area contributed by atoms with E-state index in [9.17, 15) is 21.6 Å². The lowest BCUT2D eigenvalue weighted by molar-refractivity contribution is 0.0993. The molecule has 8 nitrogen and oxygen atoms in total. The summed E-state index contributed by atoms with van der Waals surface area (Å²) in [7, 11) is -8.26. The van der Waals surface area contributed by atoms with Gasteiger partial charge in [-0.3, -0.25) is 4.79 Å². The maximum atomic E-state index is 13.0. The van der Waals surface area contributed by atoms with Crippen molar-refractivity contribution in [1.82, 2.24) is 10.3 Å². The number of nitrogens with two attached hydrogens (primary N) is 1. The Morgan fingerprint density at radius 2 is 2.04 bits per heavy atom. The zero-order valence-corrected chi connectivity index (χ0v) is 14.6. The maximum absolute atomic E-state index is 13.0. The van der Waals surface area contributed by atoms with E-state index >= 15 is 0 Å². The fourth-order valence-corrected chi connectivity index (χ4v) is 7.60. The summed E-state index contributed by atoms with van der Waals surface area (Å²) in [6.45, 7) is -0.0765. The van der Waals surface area contributed by atoms with Crippen LogP contribution in [0, 0.1) is 0 Å². The van der Waals surface area contributed by atoms with Crippen molar-refractivity contribution in [1.29, 1.82) is 0 Å². The first-order valence-electron chi connectivity index (χ1n) is 6.92. The fraction of sp³-hybridized carbons (Fsp3) is 0.308. The standard InChI is InChI=1S/C13H14ClN3O5S2/c14-7-1-2-9-8(5-7)12(11(17-9)13(15)18)24(21,22)10-6-16-3-4-23(10,19)20/h1-2,5,10,16-17H,3-4,6H2,(H2,15,18). The second-order valence-corrected chi connectivity index (χ2v) is 10.5. The Morgan fingerprint density at radius 1 is 1.33 bits per heavy atom. The number of sulfone groups is 2. The van der Waals surface area contributed by atoms with Crippen molar-refractivity contribution in [3.05, 3.63) is 28.9 Å². The van der Waals surface area contributed by atoms with Crippen LogP contribution >= 0.6 is 11.6 Å². The number of amides is 1. The van der Waals surface area contributed by atoms with Gasteiger partial charge < -0.3 is 16.0 Å². The zero-order chi connectivity index (χ0) is 17.7. The van der Waals surface area contributed by atoms with E-state index in [1.165, 1.54) is 18.2 Å². The van der Waals surface area contributed by atoms with E-state index in [1.54, 1.807) is 0 Å². The smallest absolute Gasteiger partial charge is 0.266 e. The van der Waals surface area contributed by atoms with Gasteiger partial charge in [0, 0.05) is 29.0 Å². The highest BCUT2D eigenvalue weighted by molar-refractivity contribution is 8.09. The zero-order valence-electron chi connectivity index (χ0n) is 12.2. The van der Waals surface area contributed by atoms with Gasteiger partial charge >= 0.3 is 0 Å². The van der Waals surface area contributed by atoms with Crippen molar-refractivity contribution in [3.63, 3.8) is 0 Å². The number of aromatic nitrogens is 1. The van der Waals surface area contributed by atoms with E-state index in [0.29, 0.717) is 5.52 Å². The van der Waals surface area contributed by atoms with Crippen molar-refractivity contribution in [3.8, 4) is 0 Å². The predicted molar refractivity (Wildman–Crippen MR) is 89.5 cm³/mol. The van der Waals surface area contributed by atoms with Gasteiger partial charge in [-0.25, -0.2) is 16.8 Å². The molecule has 1 saturated heterocycles. The highest BCUT2D eigenvalue weighted by atomic mass is 35.5. The third-order valence-corrected chi connectivity index (χ3v) is 9.33. The summed E-state index contributed by atoms with van der Waals surface area (Å²) in [5.74, 6) is -1.30. The van der Waals surface area contributed by atoms with Crippen LogP contribution in [0.25, 0.3) is 10.9 Å². The van der Waals surface area contributed by atoms with Gasteiger partial charge in [-0.2, -0.15) is 0 Å². The molecule has 1 aliphatic rings. The van der Waals surface area contributed by atoms with Crippen LogP contribution in [-0.4, -0.2) is 51.2 Å². The summed E-state index contributed by atoms with van der Waals surface area (Å²) in [6, 6.07) is 4.37. The number of primary amides is 1. The minimum atomic E-state index is -4.39. The van der Waals surface area contributed by atoms with Crippen LogP contribution in [0.2, 0.25) is 5.02 Å². The summed E-state index contributed by atoms with van der Waals surface area (Å²) in [4.78, 5) is 13.9. The molecule has 1 amide bonds. The quantitative estimate of drug-likeness (QED) is 0.674. The Bertz CT molecular complexity index is 1040. The molecule has 3 rings (SSSR count). The minimum Gasteiger partial charge on any atom is -0.364 e. The third-order valence-electron chi connectivity index (χ3n) is 3.86. The number of carbonyl (C=O) groups is 1. The number of fused-ring (bicyclic) bond motifs is 1. The molecule has 1 aromatic heterocycles. The molecule has 2 aromatic rings. The fourth-order valence-electron chi connectivity index (χ4n) is 2.74. The number of hydrogen-bond donors (Lipinski definition) is 3. The average molecular weight is 392 g/mol. The van der Waals surface area contributed by atoms with Gasteiger partial charge in [0.1, 0.15) is 10.6 Å². The Labute approximate surface area is 143 Å². The second kappa shape index (κ2) is 5.73. The van der Waals surface area contributed by atoms with E-state index in [1.807, 2.05) is 0 Å². The molecule has 0 aliphatic carbocycles. The molecular formula is C13H14ClN3O5S2. The monoisotopic (exact) mass is 391 g/mol. The topological polar surface area (TPSA) is 139 Å². The molecule has 11 heteroatoms. The number of hydrogen-bond acceptors (Lipinski definition) is 6. The van der Waals surface area contributed by atoms with Gasteiger partial charge in [0.25, 0.3) is 5.91 Å². The van der Waals surface area contributed by atoms with Gasteiger partial charge in [-0.05, 0) is 18.2 Å². The van der Waals surface area contributed by atoms with Crippen molar-refractivity contribution < 1.29 is 21.6 Å². The first-order chi connectivity index (χ1) is 11.1. The number of carbonyl (C=O) groups excluding carboxylic acids is 1. The molecule has 1 atom stereocenters. The molecule has 1 aromatic carbocycles. The average Bonchev–Trinajstić information content (AvgIpc) is 2.85. The second-order valence-electron chi connectivity index (χ2n) is 5.43. The minimum absolute atomic E-state index is 0.136. The largest absolute Gasteiger partial charge is 0.364 e. The maximum Gasteiger partial charge on any atom is 0.266 e. The van der Waals surface area contributed by atoms with Gasteiger partial charge in [0.05, 0.1) is 5.75 Å². The molecule has 4 N–H and O–H groups in total. The first kappa shape index (κ1) is 17.2. The van der Waals surface area contributed by atoms with Crippen LogP contribution in [-0.2, 0) is 19.7 Å². The van der Waals surface area contributed by atoms with Crippen LogP contribution in [0.4, 0.5) is 0 Å². The lowest BCUT2D eigenvalue weighted by atomic mass is 10.2. The molecule has 0 spiro atoms. The van der Waals surface area contributed by atoms with Crippen LogP contribution < -0.4 is 11.1 Å². The van der Waals surface area contributed by atoms with Crippen molar-refractivity contribution >= 4 is 48.1 Å². The first-order valence-corrected chi connectivity index (χ1v) is 10.6. The molecule has 1 fully saturated rings. The summed E-state index contributed by atoms with van der Waals surface area (Å²) in [6.07, 6.45) is 0. The van der Waals surface area contributed by atoms with Crippen LogP contribution in [0.1, 0.15) is 10.5 Å². The Balaban J connectivity index is 2.33. The van der Waals surface area contributed by atoms with Gasteiger partial charge in [0.15, 0.2) is 24.3 Å². The normalized spacial score (nSPS) is 21.0. The van der Waals surface area contributed by atoms with Gasteiger partial charge in [0.2, 0.25) is 0 Å². The molecule has 1 unspecified atom stereocenters. The van der Waals surface area contributed by atoms with E-state index in [4.69, 9.17) is 17.3 Å². The van der Waals surface area contributed by atoms with Crippen LogP contribution in [0.3, 0.4) is 0 Å². The molecule has 130 valence electrons. The highest BCUT2D eigenvalue weighted by Crippen LogP contribution is 2.33. The van der Waals surface area contributed by atoms with Gasteiger partial charge in [-0.15, -0.1) is 0 Å². The molecular weight excluding hydrogens is 378 g/mol. The lowest BCUT2D eigenvalue weighted by Gasteiger charge is -2.23. The number of aromatic amines is 1. The Kier molecular flexibility index (Phi) is 4.11. The molecule has 24 heavy (non-hydrogen) atoms. The highest BCUT2D eigenvalue weighted by Gasteiger charge is 2.43. The summed E-state index contributed by atoms with van der Waals surface area (Å²) in [5.41, 5.74) is 5.25. The number of nitrogens with one attached hydrogen (secondary N) is 2. The van der Waals surface area contributed by atoms with Crippen molar-refractivity contribution in [2.24, 2.45) is 5.73 Å². The van der Waals surface area contributed by atoms with Gasteiger partial charge in [-0.1, -0.05) is 11.6 Å². The summed E-state index contributed by atoms with van der Waals surface area (Å²) in [5, 5.41) is 3.14. The van der Waals surface area contributed by atoms with E-state index in [0.717, 1.165) is 0 Å².